The molecule has 2 heterocycles. The van der Waals surface area contributed by atoms with Gasteiger partial charge in [0.15, 0.2) is 0 Å². The van der Waals surface area contributed by atoms with Crippen molar-refractivity contribution in [2.75, 3.05) is 6.54 Å². The number of fused-ring (bicyclic) bond motifs is 3. The van der Waals surface area contributed by atoms with Crippen molar-refractivity contribution in [1.82, 2.24) is 10.3 Å². The minimum absolute atomic E-state index is 0.0303. The molecule has 128 valence electrons. The van der Waals surface area contributed by atoms with E-state index in [2.05, 4.69) is 23.3 Å². The number of aromatic amines is 1. The average Bonchev–Trinajstić information content (AvgIpc) is 2.97. The normalized spacial score (nSPS) is 18.4. The average molecular weight is 328 g/mol. The van der Waals surface area contributed by atoms with E-state index in [0.29, 0.717) is 18.5 Å². The fourth-order valence-electron chi connectivity index (χ4n) is 3.50. The summed E-state index contributed by atoms with van der Waals surface area (Å²) >= 11 is 0. The Hall–Kier alpha value is -2.10. The lowest BCUT2D eigenvalue weighted by molar-refractivity contribution is 0.0945. The van der Waals surface area contributed by atoms with Crippen molar-refractivity contribution in [2.24, 2.45) is 0 Å². The number of carbonyl (C=O) groups excluding carboxylic acids is 1. The molecule has 0 saturated heterocycles. The maximum Gasteiger partial charge on any atom is 0.253 e. The maximum absolute atomic E-state index is 15.2. The van der Waals surface area contributed by atoms with Gasteiger partial charge in [-0.2, -0.15) is 0 Å². The Labute approximate surface area is 142 Å². The van der Waals surface area contributed by atoms with E-state index in [1.165, 1.54) is 0 Å². The first kappa shape index (κ1) is 16.7. The first-order chi connectivity index (χ1) is 11.6. The molecule has 0 atom stereocenters. The molecule has 3 rings (SSSR count). The van der Waals surface area contributed by atoms with Gasteiger partial charge in [0, 0.05) is 24.2 Å². The van der Waals surface area contributed by atoms with E-state index in [1.807, 2.05) is 19.9 Å². The standard InChI is InChI=1S/C20H25FN2O/c1-4-6-7-13-8-9-14-17-15(10-11-22-20(17)24)23-19(14)16(13)18(21)12(3)5-2/h6-7,23H,4-5,8-11H2,1-3H3,(H,22,24)/b7-6+,18-12-. The number of hydrogen-bond donors (Lipinski definition) is 2. The molecule has 2 aliphatic rings. The lowest BCUT2D eigenvalue weighted by Gasteiger charge is -2.20. The van der Waals surface area contributed by atoms with Crippen molar-refractivity contribution in [3.05, 3.63) is 51.6 Å². The van der Waals surface area contributed by atoms with Gasteiger partial charge in [-0.3, -0.25) is 4.79 Å². The second-order valence-corrected chi connectivity index (χ2v) is 6.50. The molecule has 24 heavy (non-hydrogen) atoms. The van der Waals surface area contributed by atoms with Crippen LogP contribution in [0.5, 0.6) is 0 Å². The first-order valence-corrected chi connectivity index (χ1v) is 8.86. The van der Waals surface area contributed by atoms with Gasteiger partial charge in [-0.1, -0.05) is 26.0 Å². The SMILES string of the molecule is CC/C=C/C1=C(C(/F)=C(\C)CC)c2[nH]c3c(c2CC1)C(=O)NCC3. The molecule has 1 amide bonds. The molecule has 3 nitrogen and oxygen atoms in total. The highest BCUT2D eigenvalue weighted by Crippen LogP contribution is 2.41. The van der Waals surface area contributed by atoms with Crippen molar-refractivity contribution in [3.63, 3.8) is 0 Å². The van der Waals surface area contributed by atoms with Crippen LogP contribution in [0.3, 0.4) is 0 Å². The number of H-pyrrole nitrogens is 1. The Bertz CT molecular complexity index is 765. The molecule has 1 aromatic rings. The topological polar surface area (TPSA) is 44.9 Å². The van der Waals surface area contributed by atoms with E-state index >= 15 is 4.39 Å². The summed E-state index contributed by atoms with van der Waals surface area (Å²) in [6, 6.07) is 0. The fraction of sp³-hybridized carbons (Fsp3) is 0.450. The van der Waals surface area contributed by atoms with Crippen LogP contribution in [-0.4, -0.2) is 17.4 Å². The van der Waals surface area contributed by atoms with Gasteiger partial charge in [0.25, 0.3) is 5.91 Å². The third-order valence-corrected chi connectivity index (χ3v) is 4.96. The second-order valence-electron chi connectivity index (χ2n) is 6.50. The third-order valence-electron chi connectivity index (χ3n) is 4.96. The molecule has 1 aliphatic heterocycles. The van der Waals surface area contributed by atoms with Gasteiger partial charge in [-0.05, 0) is 49.3 Å². The van der Waals surface area contributed by atoms with Gasteiger partial charge in [-0.25, -0.2) is 4.39 Å². The summed E-state index contributed by atoms with van der Waals surface area (Å²) in [6.45, 7) is 6.52. The van der Waals surface area contributed by atoms with Crippen molar-refractivity contribution in [3.8, 4) is 0 Å². The molecule has 1 aliphatic carbocycles. The van der Waals surface area contributed by atoms with Crippen molar-refractivity contribution >= 4 is 11.5 Å². The van der Waals surface area contributed by atoms with Crippen LogP contribution in [0.25, 0.3) is 5.57 Å². The highest BCUT2D eigenvalue weighted by Gasteiger charge is 2.31. The Morgan fingerprint density at radius 3 is 2.75 bits per heavy atom. The molecule has 0 bridgehead atoms. The number of carbonyl (C=O) groups is 1. The number of amides is 1. The summed E-state index contributed by atoms with van der Waals surface area (Å²) in [7, 11) is 0. The van der Waals surface area contributed by atoms with Gasteiger partial charge in [0.2, 0.25) is 0 Å². The molecule has 0 saturated carbocycles. The van der Waals surface area contributed by atoms with Gasteiger partial charge >= 0.3 is 0 Å². The molecular weight excluding hydrogens is 303 g/mol. The highest BCUT2D eigenvalue weighted by molar-refractivity contribution is 6.00. The molecule has 2 N–H and O–H groups in total. The van der Waals surface area contributed by atoms with Crippen LogP contribution >= 0.6 is 0 Å². The monoisotopic (exact) mass is 328 g/mol. The lowest BCUT2D eigenvalue weighted by atomic mass is 9.85. The maximum atomic E-state index is 15.2. The predicted molar refractivity (Wildman–Crippen MR) is 95.6 cm³/mol. The fourth-order valence-corrected chi connectivity index (χ4v) is 3.50. The van der Waals surface area contributed by atoms with Crippen LogP contribution in [0.1, 0.15) is 67.3 Å². The largest absolute Gasteiger partial charge is 0.357 e. The number of aromatic nitrogens is 1. The van der Waals surface area contributed by atoms with Gasteiger partial charge in [0.05, 0.1) is 11.3 Å². The summed E-state index contributed by atoms with van der Waals surface area (Å²) in [5.74, 6) is -0.176. The van der Waals surface area contributed by atoms with Crippen molar-refractivity contribution < 1.29 is 9.18 Å². The molecule has 0 radical (unpaired) electrons. The van der Waals surface area contributed by atoms with E-state index in [0.717, 1.165) is 59.3 Å². The van der Waals surface area contributed by atoms with E-state index in [9.17, 15) is 4.79 Å². The molecule has 1 aromatic heterocycles. The molecule has 0 fully saturated rings. The zero-order valence-electron chi connectivity index (χ0n) is 14.7. The number of halogens is 1. The zero-order chi connectivity index (χ0) is 17.3. The van der Waals surface area contributed by atoms with Crippen LogP contribution in [0.2, 0.25) is 0 Å². The summed E-state index contributed by atoms with van der Waals surface area (Å²) < 4.78 is 15.2. The van der Waals surface area contributed by atoms with E-state index in [1.54, 1.807) is 0 Å². The van der Waals surface area contributed by atoms with E-state index in [-0.39, 0.29) is 11.7 Å². The van der Waals surface area contributed by atoms with Crippen LogP contribution in [0.4, 0.5) is 4.39 Å². The molecule has 0 aromatic carbocycles. The van der Waals surface area contributed by atoms with Crippen LogP contribution in [0, 0.1) is 0 Å². The minimum atomic E-state index is -0.145. The van der Waals surface area contributed by atoms with E-state index in [4.69, 9.17) is 0 Å². The summed E-state index contributed by atoms with van der Waals surface area (Å²) in [5.41, 5.74) is 5.90. The summed E-state index contributed by atoms with van der Waals surface area (Å²) in [5, 5.41) is 2.90. The Kier molecular flexibility index (Phi) is 4.74. The molecular formula is C20H25FN2O. The van der Waals surface area contributed by atoms with Crippen molar-refractivity contribution in [1.29, 1.82) is 0 Å². The Balaban J connectivity index is 2.22. The van der Waals surface area contributed by atoms with Gasteiger partial charge < -0.3 is 10.3 Å². The smallest absolute Gasteiger partial charge is 0.253 e. The molecule has 0 unspecified atom stereocenters. The van der Waals surface area contributed by atoms with Crippen LogP contribution < -0.4 is 5.32 Å². The molecule has 4 heteroatoms. The van der Waals surface area contributed by atoms with Crippen LogP contribution in [0.15, 0.2) is 29.1 Å². The van der Waals surface area contributed by atoms with Crippen LogP contribution in [-0.2, 0) is 12.8 Å². The highest BCUT2D eigenvalue weighted by atomic mass is 19.1. The zero-order valence-corrected chi connectivity index (χ0v) is 14.7. The van der Waals surface area contributed by atoms with Crippen molar-refractivity contribution in [2.45, 2.75) is 52.9 Å². The summed E-state index contributed by atoms with van der Waals surface area (Å²) in [4.78, 5) is 15.6. The van der Waals surface area contributed by atoms with E-state index < -0.39 is 0 Å². The quantitative estimate of drug-likeness (QED) is 0.832. The molecule has 0 spiro atoms. The Morgan fingerprint density at radius 2 is 2.04 bits per heavy atom. The number of hydrogen-bond acceptors (Lipinski definition) is 1. The third kappa shape index (κ3) is 2.74. The number of allylic oxidation sites excluding steroid dienone is 6. The minimum Gasteiger partial charge on any atom is -0.357 e. The lowest BCUT2D eigenvalue weighted by Crippen LogP contribution is -2.32. The summed E-state index contributed by atoms with van der Waals surface area (Å²) in [6.07, 6.45) is 8.03. The number of rotatable bonds is 4. The Morgan fingerprint density at radius 1 is 1.25 bits per heavy atom. The van der Waals surface area contributed by atoms with Gasteiger partial charge in [0.1, 0.15) is 5.83 Å². The number of nitrogens with one attached hydrogen (secondary N) is 2. The van der Waals surface area contributed by atoms with Gasteiger partial charge in [-0.15, -0.1) is 0 Å². The predicted octanol–water partition coefficient (Wildman–Crippen LogP) is 4.62. The first-order valence-electron chi connectivity index (χ1n) is 8.86. The second kappa shape index (κ2) is 6.80.